The van der Waals surface area contributed by atoms with Crippen molar-refractivity contribution in [2.24, 2.45) is 0 Å². The van der Waals surface area contributed by atoms with Crippen molar-refractivity contribution in [3.05, 3.63) is 59.5 Å². The summed E-state index contributed by atoms with van der Waals surface area (Å²) in [6, 6.07) is 11.7. The molecule has 0 amide bonds. The van der Waals surface area contributed by atoms with Gasteiger partial charge in [0.2, 0.25) is 0 Å². The number of hydrogen-bond acceptors (Lipinski definition) is 4. The summed E-state index contributed by atoms with van der Waals surface area (Å²) in [5.74, 6) is 0.0519. The highest BCUT2D eigenvalue weighted by Crippen LogP contribution is 2.30. The number of nitrogen functional groups attached to an aromatic ring is 1. The maximum atomic E-state index is 13.9. The molecule has 2 aromatic carbocycles. The van der Waals surface area contributed by atoms with Crippen molar-refractivity contribution >= 4 is 28.0 Å². The van der Waals surface area contributed by atoms with E-state index >= 15 is 0 Å². The van der Waals surface area contributed by atoms with Crippen molar-refractivity contribution in [3.8, 4) is 6.07 Å². The van der Waals surface area contributed by atoms with Crippen LogP contribution in [0.1, 0.15) is 11.1 Å². The number of hydrogen-bond donors (Lipinski definition) is 2. The molecule has 0 radical (unpaired) electrons. The van der Waals surface area contributed by atoms with Gasteiger partial charge in [0.25, 0.3) is 0 Å². The molecule has 0 fully saturated rings. The van der Waals surface area contributed by atoms with Gasteiger partial charge >= 0.3 is 0 Å². The molecule has 0 unspecified atom stereocenters. The van der Waals surface area contributed by atoms with Crippen LogP contribution in [0.15, 0.2) is 42.6 Å². The Balaban J connectivity index is 2.13. The number of anilines is 3. The van der Waals surface area contributed by atoms with Crippen LogP contribution in [0.3, 0.4) is 0 Å². The molecular formula is C17H13FN4. The molecule has 1 heterocycles. The normalized spacial score (nSPS) is 10.4. The van der Waals surface area contributed by atoms with Gasteiger partial charge in [-0.1, -0.05) is 12.1 Å². The number of halogens is 1. The molecule has 0 atom stereocenters. The molecule has 22 heavy (non-hydrogen) atoms. The number of aryl methyl sites for hydroxylation is 1. The predicted molar refractivity (Wildman–Crippen MR) is 85.3 cm³/mol. The van der Waals surface area contributed by atoms with E-state index in [4.69, 9.17) is 11.0 Å². The zero-order valence-electron chi connectivity index (χ0n) is 11.9. The number of nitriles is 1. The van der Waals surface area contributed by atoms with Crippen LogP contribution in [0.4, 0.5) is 21.6 Å². The second-order valence-corrected chi connectivity index (χ2v) is 4.98. The number of fused-ring (bicyclic) bond motifs is 1. The van der Waals surface area contributed by atoms with Gasteiger partial charge in [0.1, 0.15) is 11.6 Å². The average Bonchev–Trinajstić information content (AvgIpc) is 2.53. The highest BCUT2D eigenvalue weighted by molar-refractivity contribution is 6.01. The Morgan fingerprint density at radius 3 is 2.77 bits per heavy atom. The van der Waals surface area contributed by atoms with Crippen LogP contribution in [0.25, 0.3) is 10.8 Å². The lowest BCUT2D eigenvalue weighted by Gasteiger charge is -2.12. The van der Waals surface area contributed by atoms with Crippen LogP contribution < -0.4 is 11.1 Å². The van der Waals surface area contributed by atoms with Crippen molar-refractivity contribution in [1.29, 1.82) is 5.26 Å². The highest BCUT2D eigenvalue weighted by atomic mass is 19.1. The largest absolute Gasteiger partial charge is 0.398 e. The number of benzene rings is 2. The third kappa shape index (κ3) is 2.31. The molecule has 3 N–H and O–H groups in total. The summed E-state index contributed by atoms with van der Waals surface area (Å²) in [5.41, 5.74) is 8.31. The monoisotopic (exact) mass is 292 g/mol. The fourth-order valence-corrected chi connectivity index (χ4v) is 2.31. The zero-order chi connectivity index (χ0) is 15.7. The predicted octanol–water partition coefficient (Wildman–Crippen LogP) is 3.88. The molecule has 3 aromatic rings. The molecule has 1 aromatic heterocycles. The molecule has 3 rings (SSSR count). The lowest BCUT2D eigenvalue weighted by atomic mass is 10.1. The first-order valence-electron chi connectivity index (χ1n) is 6.70. The van der Waals surface area contributed by atoms with E-state index in [1.165, 1.54) is 18.2 Å². The Hall–Kier alpha value is -3.13. The lowest BCUT2D eigenvalue weighted by Crippen LogP contribution is -1.99. The van der Waals surface area contributed by atoms with Crippen LogP contribution >= 0.6 is 0 Å². The summed E-state index contributed by atoms with van der Waals surface area (Å²) in [6.45, 7) is 1.93. The van der Waals surface area contributed by atoms with E-state index in [0.29, 0.717) is 17.1 Å². The van der Waals surface area contributed by atoms with E-state index in [0.717, 1.165) is 16.3 Å². The van der Waals surface area contributed by atoms with Gasteiger partial charge in [0, 0.05) is 22.7 Å². The molecule has 0 saturated heterocycles. The number of nitrogens with zero attached hydrogens (tertiary/aromatic N) is 2. The fourth-order valence-electron chi connectivity index (χ4n) is 2.31. The summed E-state index contributed by atoms with van der Waals surface area (Å²) in [7, 11) is 0. The van der Waals surface area contributed by atoms with Gasteiger partial charge < -0.3 is 11.1 Å². The van der Waals surface area contributed by atoms with E-state index < -0.39 is 5.82 Å². The molecule has 0 spiro atoms. The summed E-state index contributed by atoms with van der Waals surface area (Å²) in [4.78, 5) is 4.25. The Morgan fingerprint density at radius 1 is 1.18 bits per heavy atom. The van der Waals surface area contributed by atoms with E-state index in [1.807, 2.05) is 31.2 Å². The third-order valence-electron chi connectivity index (χ3n) is 3.55. The number of rotatable bonds is 2. The summed E-state index contributed by atoms with van der Waals surface area (Å²) < 4.78 is 13.9. The summed E-state index contributed by atoms with van der Waals surface area (Å²) in [5, 5.41) is 13.5. The molecule has 0 saturated carbocycles. The fraction of sp³-hybridized carbons (Fsp3) is 0.0588. The van der Waals surface area contributed by atoms with Gasteiger partial charge in [0.05, 0.1) is 17.3 Å². The number of aromatic nitrogens is 1. The molecule has 0 bridgehead atoms. The van der Waals surface area contributed by atoms with Gasteiger partial charge in [-0.05, 0) is 36.8 Å². The van der Waals surface area contributed by atoms with Crippen molar-refractivity contribution in [2.75, 3.05) is 11.1 Å². The first-order chi connectivity index (χ1) is 10.6. The van der Waals surface area contributed by atoms with E-state index in [1.54, 1.807) is 6.20 Å². The Labute approximate surface area is 127 Å². The van der Waals surface area contributed by atoms with Crippen LogP contribution in [-0.2, 0) is 0 Å². The highest BCUT2D eigenvalue weighted by Gasteiger charge is 2.09. The SMILES string of the molecule is Cc1ccc2c(Nc3cc(C#N)ccc3F)nccc2c1N. The van der Waals surface area contributed by atoms with Gasteiger partial charge in [-0.3, -0.25) is 0 Å². The Morgan fingerprint density at radius 2 is 2.00 bits per heavy atom. The first-order valence-corrected chi connectivity index (χ1v) is 6.70. The minimum absolute atomic E-state index is 0.207. The van der Waals surface area contributed by atoms with Gasteiger partial charge in [-0.25, -0.2) is 9.37 Å². The van der Waals surface area contributed by atoms with Gasteiger partial charge in [-0.2, -0.15) is 5.26 Å². The standard InChI is InChI=1S/C17H13FN4/c1-10-2-4-13-12(16(10)20)6-7-21-17(13)22-15-8-11(9-19)3-5-14(15)18/h2-8H,20H2,1H3,(H,21,22). The first kappa shape index (κ1) is 13.8. The number of nitrogens with one attached hydrogen (secondary N) is 1. The van der Waals surface area contributed by atoms with Crippen molar-refractivity contribution in [3.63, 3.8) is 0 Å². The van der Waals surface area contributed by atoms with Crippen LogP contribution in [-0.4, -0.2) is 4.98 Å². The van der Waals surface area contributed by atoms with Crippen molar-refractivity contribution < 1.29 is 4.39 Å². The van der Waals surface area contributed by atoms with Crippen LogP contribution in [0.5, 0.6) is 0 Å². The van der Waals surface area contributed by atoms with E-state index in [2.05, 4.69) is 10.3 Å². The molecular weight excluding hydrogens is 279 g/mol. The van der Waals surface area contributed by atoms with Crippen LogP contribution in [0, 0.1) is 24.1 Å². The number of pyridine rings is 1. The molecule has 0 aliphatic rings. The molecule has 5 heteroatoms. The summed E-state index contributed by atoms with van der Waals surface area (Å²) in [6.07, 6.45) is 1.62. The summed E-state index contributed by atoms with van der Waals surface area (Å²) >= 11 is 0. The minimum atomic E-state index is -0.446. The average molecular weight is 292 g/mol. The van der Waals surface area contributed by atoms with Gasteiger partial charge in [-0.15, -0.1) is 0 Å². The smallest absolute Gasteiger partial charge is 0.146 e. The Kier molecular flexibility index (Phi) is 3.36. The van der Waals surface area contributed by atoms with Gasteiger partial charge in [0.15, 0.2) is 0 Å². The quantitative estimate of drug-likeness (QED) is 0.703. The van der Waals surface area contributed by atoms with E-state index in [-0.39, 0.29) is 5.69 Å². The van der Waals surface area contributed by atoms with Crippen molar-refractivity contribution in [2.45, 2.75) is 6.92 Å². The lowest BCUT2D eigenvalue weighted by molar-refractivity contribution is 0.631. The van der Waals surface area contributed by atoms with Crippen molar-refractivity contribution in [1.82, 2.24) is 4.98 Å². The molecule has 4 nitrogen and oxygen atoms in total. The zero-order valence-corrected chi connectivity index (χ0v) is 11.9. The molecule has 0 aliphatic carbocycles. The van der Waals surface area contributed by atoms with E-state index in [9.17, 15) is 4.39 Å². The topological polar surface area (TPSA) is 74.7 Å². The Bertz CT molecular complexity index is 912. The molecule has 0 aliphatic heterocycles. The maximum Gasteiger partial charge on any atom is 0.146 e. The third-order valence-corrected chi connectivity index (χ3v) is 3.55. The molecule has 108 valence electrons. The second kappa shape index (κ2) is 5.34. The maximum absolute atomic E-state index is 13.9. The minimum Gasteiger partial charge on any atom is -0.398 e. The number of nitrogens with two attached hydrogens (primary N) is 1. The van der Waals surface area contributed by atoms with Crippen LogP contribution in [0.2, 0.25) is 0 Å². The second-order valence-electron chi connectivity index (χ2n) is 4.98.